The highest BCUT2D eigenvalue weighted by atomic mass is 32.1. The van der Waals surface area contributed by atoms with E-state index in [0.717, 1.165) is 17.3 Å². The van der Waals surface area contributed by atoms with Crippen molar-refractivity contribution in [2.45, 2.75) is 13.8 Å². The number of thiophene rings is 1. The van der Waals surface area contributed by atoms with Crippen molar-refractivity contribution in [3.8, 4) is 0 Å². The summed E-state index contributed by atoms with van der Waals surface area (Å²) in [4.78, 5) is 5.36. The third-order valence-corrected chi connectivity index (χ3v) is 2.55. The molecule has 0 bridgehead atoms. The second-order valence-electron chi connectivity index (χ2n) is 2.40. The third-order valence-electron chi connectivity index (χ3n) is 1.53. The van der Waals surface area contributed by atoms with E-state index in [9.17, 15) is 0 Å². The zero-order valence-electron chi connectivity index (χ0n) is 7.29. The van der Waals surface area contributed by atoms with Crippen LogP contribution in [0, 0.1) is 6.92 Å². The number of nitrogens with zero attached hydrogens (tertiary/aromatic N) is 1. The molecule has 0 saturated carbocycles. The van der Waals surface area contributed by atoms with Gasteiger partial charge in [0.05, 0.1) is 4.88 Å². The summed E-state index contributed by atoms with van der Waals surface area (Å²) in [6.45, 7) is 4.78. The van der Waals surface area contributed by atoms with Crippen LogP contribution in [0.5, 0.6) is 0 Å². The molecule has 0 aliphatic rings. The predicted octanol–water partition coefficient (Wildman–Crippen LogP) is 1.29. The van der Waals surface area contributed by atoms with Gasteiger partial charge in [-0.15, -0.1) is 11.3 Å². The Kier molecular flexibility index (Phi) is 3.25. The number of hydrazine groups is 1. The minimum atomic E-state index is 0.747. The Morgan fingerprint density at radius 1 is 1.75 bits per heavy atom. The lowest BCUT2D eigenvalue weighted by atomic mass is 10.3. The van der Waals surface area contributed by atoms with Crippen LogP contribution in [0.1, 0.15) is 17.4 Å². The fraction of sp³-hybridized carbons (Fsp3) is 0.375. The molecule has 0 fully saturated rings. The number of aryl methyl sites for hydroxylation is 1. The molecule has 3 nitrogen and oxygen atoms in total. The first-order chi connectivity index (χ1) is 5.79. The van der Waals surface area contributed by atoms with Crippen LogP contribution < -0.4 is 11.3 Å². The molecule has 0 spiro atoms. The first kappa shape index (κ1) is 9.22. The summed E-state index contributed by atoms with van der Waals surface area (Å²) in [5.41, 5.74) is 3.82. The van der Waals surface area contributed by atoms with Gasteiger partial charge in [-0.1, -0.05) is 0 Å². The average Bonchev–Trinajstić information content (AvgIpc) is 2.47. The number of amidine groups is 1. The topological polar surface area (TPSA) is 50.4 Å². The van der Waals surface area contributed by atoms with Gasteiger partial charge in [-0.25, -0.2) is 5.84 Å². The monoisotopic (exact) mass is 183 g/mol. The van der Waals surface area contributed by atoms with Gasteiger partial charge >= 0.3 is 0 Å². The van der Waals surface area contributed by atoms with Gasteiger partial charge in [0.2, 0.25) is 0 Å². The molecule has 0 unspecified atom stereocenters. The van der Waals surface area contributed by atoms with Gasteiger partial charge in [-0.3, -0.25) is 4.99 Å². The molecule has 1 heterocycles. The molecule has 12 heavy (non-hydrogen) atoms. The second kappa shape index (κ2) is 4.23. The van der Waals surface area contributed by atoms with E-state index in [1.807, 2.05) is 19.2 Å². The second-order valence-corrected chi connectivity index (χ2v) is 3.32. The Bertz CT molecular complexity index is 278. The normalized spacial score (nSPS) is 11.8. The number of hydrogen-bond acceptors (Lipinski definition) is 3. The molecule has 1 aromatic heterocycles. The SMILES string of the molecule is CCN=C(NN)c1sccc1C. The maximum atomic E-state index is 5.34. The first-order valence-corrected chi connectivity index (χ1v) is 4.73. The zero-order chi connectivity index (χ0) is 8.97. The van der Waals surface area contributed by atoms with E-state index >= 15 is 0 Å². The van der Waals surface area contributed by atoms with E-state index in [1.165, 1.54) is 5.56 Å². The maximum Gasteiger partial charge on any atom is 0.153 e. The van der Waals surface area contributed by atoms with Gasteiger partial charge in [0.25, 0.3) is 0 Å². The number of hydrogen-bond donors (Lipinski definition) is 2. The molecule has 66 valence electrons. The standard InChI is InChI=1S/C8H13N3S/c1-3-10-8(11-9)7-6(2)4-5-12-7/h4-5H,3,9H2,1-2H3,(H,10,11). The molecular weight excluding hydrogens is 170 g/mol. The number of rotatable bonds is 2. The van der Waals surface area contributed by atoms with Crippen molar-refractivity contribution in [1.82, 2.24) is 5.43 Å². The van der Waals surface area contributed by atoms with Gasteiger partial charge in [-0.2, -0.15) is 0 Å². The van der Waals surface area contributed by atoms with E-state index in [4.69, 9.17) is 5.84 Å². The van der Waals surface area contributed by atoms with E-state index < -0.39 is 0 Å². The van der Waals surface area contributed by atoms with Crippen molar-refractivity contribution in [2.75, 3.05) is 6.54 Å². The highest BCUT2D eigenvalue weighted by molar-refractivity contribution is 7.12. The molecule has 3 N–H and O–H groups in total. The smallest absolute Gasteiger partial charge is 0.153 e. The van der Waals surface area contributed by atoms with Gasteiger partial charge in [-0.05, 0) is 30.9 Å². The lowest BCUT2D eigenvalue weighted by molar-refractivity contribution is 0.994. The van der Waals surface area contributed by atoms with Crippen LogP contribution in [0.2, 0.25) is 0 Å². The predicted molar refractivity (Wildman–Crippen MR) is 53.5 cm³/mol. The highest BCUT2D eigenvalue weighted by Gasteiger charge is 2.05. The molecule has 0 amide bonds. The summed E-state index contributed by atoms with van der Waals surface area (Å²) < 4.78 is 0. The molecule has 0 aliphatic carbocycles. The van der Waals surface area contributed by atoms with E-state index in [1.54, 1.807) is 11.3 Å². The molecule has 4 heteroatoms. The van der Waals surface area contributed by atoms with Crippen molar-refractivity contribution in [3.63, 3.8) is 0 Å². The van der Waals surface area contributed by atoms with Crippen molar-refractivity contribution in [1.29, 1.82) is 0 Å². The third kappa shape index (κ3) is 1.84. The minimum absolute atomic E-state index is 0.747. The van der Waals surface area contributed by atoms with Gasteiger partial charge in [0, 0.05) is 6.54 Å². The summed E-state index contributed by atoms with van der Waals surface area (Å²) in [5, 5.41) is 2.03. The average molecular weight is 183 g/mol. The van der Waals surface area contributed by atoms with Crippen LogP contribution in [0.15, 0.2) is 16.4 Å². The number of nitrogens with one attached hydrogen (secondary N) is 1. The zero-order valence-corrected chi connectivity index (χ0v) is 8.11. The highest BCUT2D eigenvalue weighted by Crippen LogP contribution is 2.15. The fourth-order valence-corrected chi connectivity index (χ4v) is 1.85. The fourth-order valence-electron chi connectivity index (χ4n) is 0.956. The molecule has 1 aromatic rings. The maximum absolute atomic E-state index is 5.34. The summed E-state index contributed by atoms with van der Waals surface area (Å²) in [6.07, 6.45) is 0. The Labute approximate surface area is 76.3 Å². The van der Waals surface area contributed by atoms with Crippen molar-refractivity contribution in [2.24, 2.45) is 10.8 Å². The first-order valence-electron chi connectivity index (χ1n) is 3.85. The van der Waals surface area contributed by atoms with Crippen LogP contribution in [0.25, 0.3) is 0 Å². The minimum Gasteiger partial charge on any atom is -0.308 e. The lowest BCUT2D eigenvalue weighted by Gasteiger charge is -2.02. The molecule has 0 atom stereocenters. The van der Waals surface area contributed by atoms with Gasteiger partial charge < -0.3 is 5.43 Å². The van der Waals surface area contributed by atoms with Crippen molar-refractivity contribution >= 4 is 17.2 Å². The van der Waals surface area contributed by atoms with Crippen LogP contribution in [0.3, 0.4) is 0 Å². The molecule has 0 radical (unpaired) electrons. The van der Waals surface area contributed by atoms with Crippen LogP contribution in [0.4, 0.5) is 0 Å². The van der Waals surface area contributed by atoms with Crippen molar-refractivity contribution < 1.29 is 0 Å². The van der Waals surface area contributed by atoms with Crippen LogP contribution in [-0.2, 0) is 0 Å². The summed E-state index contributed by atoms with van der Waals surface area (Å²) in [6, 6.07) is 2.06. The van der Waals surface area contributed by atoms with E-state index in [2.05, 4.69) is 16.5 Å². The van der Waals surface area contributed by atoms with Crippen LogP contribution in [-0.4, -0.2) is 12.4 Å². The lowest BCUT2D eigenvalue weighted by Crippen LogP contribution is -2.31. The molecule has 0 saturated heterocycles. The Morgan fingerprint density at radius 2 is 2.50 bits per heavy atom. The Balaban J connectivity index is 2.95. The molecule has 0 aliphatic heterocycles. The summed E-state index contributed by atoms with van der Waals surface area (Å²) in [5.74, 6) is 6.13. The molecule has 0 aromatic carbocycles. The molecular formula is C8H13N3S. The largest absolute Gasteiger partial charge is 0.308 e. The number of aliphatic imine (C=N–C) groups is 1. The Morgan fingerprint density at radius 3 is 2.92 bits per heavy atom. The quantitative estimate of drug-likeness (QED) is 0.314. The van der Waals surface area contributed by atoms with Crippen molar-refractivity contribution in [3.05, 3.63) is 21.9 Å². The summed E-state index contributed by atoms with van der Waals surface area (Å²) >= 11 is 1.65. The Hall–Kier alpha value is -0.870. The van der Waals surface area contributed by atoms with Gasteiger partial charge in [0.15, 0.2) is 5.84 Å². The number of nitrogens with two attached hydrogens (primary N) is 1. The summed E-state index contributed by atoms with van der Waals surface area (Å²) in [7, 11) is 0. The van der Waals surface area contributed by atoms with E-state index in [-0.39, 0.29) is 0 Å². The van der Waals surface area contributed by atoms with Gasteiger partial charge in [0.1, 0.15) is 0 Å². The van der Waals surface area contributed by atoms with Crippen LogP contribution >= 0.6 is 11.3 Å². The van der Waals surface area contributed by atoms with E-state index in [0.29, 0.717) is 0 Å². The molecule has 1 rings (SSSR count).